The zero-order chi connectivity index (χ0) is 17.2. The summed E-state index contributed by atoms with van der Waals surface area (Å²) in [6.45, 7) is 8.49. The molecular weight excluding hydrogens is 294 g/mol. The Morgan fingerprint density at radius 2 is 1.62 bits per heavy atom. The molecule has 1 unspecified atom stereocenters. The lowest BCUT2D eigenvalue weighted by molar-refractivity contribution is 0.289. The van der Waals surface area contributed by atoms with Crippen molar-refractivity contribution in [2.45, 2.75) is 46.1 Å². The monoisotopic (exact) mass is 325 g/mol. The van der Waals surface area contributed by atoms with E-state index < -0.39 is 0 Å². The molecule has 2 heteroatoms. The van der Waals surface area contributed by atoms with Gasteiger partial charge in [0, 0.05) is 6.04 Å². The Bertz CT molecular complexity index is 562. The van der Waals surface area contributed by atoms with E-state index in [4.69, 9.17) is 4.74 Å². The highest BCUT2D eigenvalue weighted by Gasteiger charge is 2.05. The lowest BCUT2D eigenvalue weighted by atomic mass is 10.1. The van der Waals surface area contributed by atoms with Crippen LogP contribution in [0, 0.1) is 5.92 Å². The van der Waals surface area contributed by atoms with E-state index in [2.05, 4.69) is 80.7 Å². The number of hydrogen-bond acceptors (Lipinski definition) is 2. The van der Waals surface area contributed by atoms with Crippen molar-refractivity contribution in [1.29, 1.82) is 0 Å². The first-order chi connectivity index (χ1) is 11.6. The van der Waals surface area contributed by atoms with Crippen LogP contribution in [-0.2, 0) is 6.42 Å². The molecule has 0 aliphatic rings. The summed E-state index contributed by atoms with van der Waals surface area (Å²) in [7, 11) is 0. The van der Waals surface area contributed by atoms with Crippen molar-refractivity contribution < 1.29 is 4.74 Å². The van der Waals surface area contributed by atoms with E-state index in [1.165, 1.54) is 11.1 Å². The Labute approximate surface area is 147 Å². The molecule has 0 heterocycles. The average Bonchev–Trinajstić information content (AvgIpc) is 2.60. The first kappa shape index (κ1) is 18.5. The number of aryl methyl sites for hydroxylation is 1. The molecule has 2 aromatic carbocycles. The molecule has 0 aromatic heterocycles. The van der Waals surface area contributed by atoms with Crippen molar-refractivity contribution in [1.82, 2.24) is 5.32 Å². The van der Waals surface area contributed by atoms with Crippen molar-refractivity contribution in [3.63, 3.8) is 0 Å². The van der Waals surface area contributed by atoms with Crippen LogP contribution >= 0.6 is 0 Å². The summed E-state index contributed by atoms with van der Waals surface area (Å²) >= 11 is 0. The maximum Gasteiger partial charge on any atom is 0.119 e. The molecule has 0 amide bonds. The SMILES string of the molecule is CC(C)CCOc1ccc(C(C)NCCCc2ccccc2)cc1. The Morgan fingerprint density at radius 3 is 2.29 bits per heavy atom. The van der Waals surface area contributed by atoms with Gasteiger partial charge in [0.2, 0.25) is 0 Å². The topological polar surface area (TPSA) is 21.3 Å². The zero-order valence-corrected chi connectivity index (χ0v) is 15.3. The van der Waals surface area contributed by atoms with Crippen molar-refractivity contribution in [3.8, 4) is 5.75 Å². The Kier molecular flexibility index (Phi) is 7.84. The molecule has 130 valence electrons. The van der Waals surface area contributed by atoms with E-state index >= 15 is 0 Å². The van der Waals surface area contributed by atoms with Gasteiger partial charge in [0.15, 0.2) is 0 Å². The molecule has 0 bridgehead atoms. The molecule has 0 fully saturated rings. The van der Waals surface area contributed by atoms with Crippen LogP contribution in [0.5, 0.6) is 5.75 Å². The second-order valence-corrected chi connectivity index (χ2v) is 6.86. The van der Waals surface area contributed by atoms with Crippen LogP contribution in [0.4, 0.5) is 0 Å². The first-order valence-corrected chi connectivity index (χ1v) is 9.15. The standard InChI is InChI=1S/C22H31NO/c1-18(2)15-17-24-22-13-11-21(12-14-22)19(3)23-16-7-10-20-8-5-4-6-9-20/h4-6,8-9,11-14,18-19,23H,7,10,15-17H2,1-3H3. The lowest BCUT2D eigenvalue weighted by Crippen LogP contribution is -2.20. The van der Waals surface area contributed by atoms with Crippen LogP contribution in [0.15, 0.2) is 54.6 Å². The molecule has 2 rings (SSSR count). The summed E-state index contributed by atoms with van der Waals surface area (Å²) in [6.07, 6.45) is 3.38. The highest BCUT2D eigenvalue weighted by molar-refractivity contribution is 5.29. The number of hydrogen-bond donors (Lipinski definition) is 1. The van der Waals surface area contributed by atoms with Gasteiger partial charge < -0.3 is 10.1 Å². The number of rotatable bonds is 10. The summed E-state index contributed by atoms with van der Waals surface area (Å²) in [5.74, 6) is 1.65. The van der Waals surface area contributed by atoms with Gasteiger partial charge in [-0.3, -0.25) is 0 Å². The van der Waals surface area contributed by atoms with Crippen LogP contribution in [0.1, 0.15) is 50.8 Å². The van der Waals surface area contributed by atoms with Gasteiger partial charge in [-0.2, -0.15) is 0 Å². The van der Waals surface area contributed by atoms with Crippen molar-refractivity contribution in [3.05, 3.63) is 65.7 Å². The fourth-order valence-electron chi connectivity index (χ4n) is 2.64. The molecule has 0 aliphatic carbocycles. The lowest BCUT2D eigenvalue weighted by Gasteiger charge is -2.15. The molecular formula is C22H31NO. The maximum atomic E-state index is 5.78. The molecule has 0 radical (unpaired) electrons. The molecule has 2 nitrogen and oxygen atoms in total. The normalized spacial score (nSPS) is 12.3. The zero-order valence-electron chi connectivity index (χ0n) is 15.3. The third kappa shape index (κ3) is 6.76. The van der Waals surface area contributed by atoms with Gasteiger partial charge in [-0.1, -0.05) is 56.3 Å². The summed E-state index contributed by atoms with van der Waals surface area (Å²) < 4.78 is 5.78. The minimum atomic E-state index is 0.366. The molecule has 0 saturated heterocycles. The molecule has 24 heavy (non-hydrogen) atoms. The van der Waals surface area contributed by atoms with E-state index in [0.29, 0.717) is 12.0 Å². The minimum absolute atomic E-state index is 0.366. The van der Waals surface area contributed by atoms with Gasteiger partial charge in [-0.25, -0.2) is 0 Å². The van der Waals surface area contributed by atoms with Crippen LogP contribution < -0.4 is 10.1 Å². The second kappa shape index (κ2) is 10.1. The fourth-order valence-corrected chi connectivity index (χ4v) is 2.64. The van der Waals surface area contributed by atoms with Gasteiger partial charge in [0.25, 0.3) is 0 Å². The highest BCUT2D eigenvalue weighted by atomic mass is 16.5. The Balaban J connectivity index is 1.69. The van der Waals surface area contributed by atoms with Gasteiger partial charge in [-0.05, 0) is 61.9 Å². The van der Waals surface area contributed by atoms with Gasteiger partial charge in [0.1, 0.15) is 5.75 Å². The van der Waals surface area contributed by atoms with Crippen LogP contribution in [0.25, 0.3) is 0 Å². The predicted octanol–water partition coefficient (Wildman–Crippen LogP) is 5.39. The molecule has 0 saturated carbocycles. The van der Waals surface area contributed by atoms with Crippen LogP contribution in [-0.4, -0.2) is 13.2 Å². The predicted molar refractivity (Wildman–Crippen MR) is 103 cm³/mol. The van der Waals surface area contributed by atoms with Crippen molar-refractivity contribution >= 4 is 0 Å². The van der Waals surface area contributed by atoms with Gasteiger partial charge >= 0.3 is 0 Å². The van der Waals surface area contributed by atoms with E-state index in [1.807, 2.05) is 0 Å². The van der Waals surface area contributed by atoms with Gasteiger partial charge in [0.05, 0.1) is 6.61 Å². The molecule has 2 aromatic rings. The molecule has 1 N–H and O–H groups in total. The number of nitrogens with one attached hydrogen (secondary N) is 1. The summed E-state index contributed by atoms with van der Waals surface area (Å²) in [6, 6.07) is 19.5. The molecule has 0 spiro atoms. The largest absolute Gasteiger partial charge is 0.494 e. The quantitative estimate of drug-likeness (QED) is 0.591. The maximum absolute atomic E-state index is 5.78. The van der Waals surface area contributed by atoms with Gasteiger partial charge in [-0.15, -0.1) is 0 Å². The van der Waals surface area contributed by atoms with Crippen LogP contribution in [0.2, 0.25) is 0 Å². The van der Waals surface area contributed by atoms with Crippen molar-refractivity contribution in [2.75, 3.05) is 13.2 Å². The third-order valence-electron chi connectivity index (χ3n) is 4.28. The first-order valence-electron chi connectivity index (χ1n) is 9.15. The van der Waals surface area contributed by atoms with Crippen molar-refractivity contribution in [2.24, 2.45) is 5.92 Å². The number of benzene rings is 2. The van der Waals surface area contributed by atoms with E-state index in [1.54, 1.807) is 0 Å². The minimum Gasteiger partial charge on any atom is -0.494 e. The van der Waals surface area contributed by atoms with E-state index in [-0.39, 0.29) is 0 Å². The summed E-state index contributed by atoms with van der Waals surface area (Å²) in [5, 5.41) is 3.61. The molecule has 0 aliphatic heterocycles. The van der Waals surface area contributed by atoms with E-state index in [9.17, 15) is 0 Å². The Morgan fingerprint density at radius 1 is 0.917 bits per heavy atom. The molecule has 1 atom stereocenters. The summed E-state index contributed by atoms with van der Waals surface area (Å²) in [5.41, 5.74) is 2.72. The summed E-state index contributed by atoms with van der Waals surface area (Å²) in [4.78, 5) is 0. The van der Waals surface area contributed by atoms with Crippen LogP contribution in [0.3, 0.4) is 0 Å². The second-order valence-electron chi connectivity index (χ2n) is 6.86. The fraction of sp³-hybridized carbons (Fsp3) is 0.455. The third-order valence-corrected chi connectivity index (χ3v) is 4.28. The smallest absolute Gasteiger partial charge is 0.119 e. The number of ether oxygens (including phenoxy) is 1. The Hall–Kier alpha value is -1.80. The highest BCUT2D eigenvalue weighted by Crippen LogP contribution is 2.18. The average molecular weight is 325 g/mol. The van der Waals surface area contributed by atoms with E-state index in [0.717, 1.165) is 38.2 Å².